The summed E-state index contributed by atoms with van der Waals surface area (Å²) in [5.74, 6) is 0.589. The molecule has 0 aliphatic heterocycles. The van der Waals surface area contributed by atoms with Gasteiger partial charge in [0.2, 0.25) is 0 Å². The van der Waals surface area contributed by atoms with Crippen molar-refractivity contribution in [3.8, 4) is 0 Å². The van der Waals surface area contributed by atoms with Gasteiger partial charge in [0.25, 0.3) is 0 Å². The summed E-state index contributed by atoms with van der Waals surface area (Å²) in [4.78, 5) is 9.49. The summed E-state index contributed by atoms with van der Waals surface area (Å²) in [6.07, 6.45) is 1.25. The number of benzene rings is 2. The minimum Gasteiger partial charge on any atom is -0.271 e. The number of hydrogen-bond acceptors (Lipinski definition) is 5. The molecule has 24 heavy (non-hydrogen) atoms. The number of hydrogen-bond donors (Lipinski definition) is 0. The number of imidazole rings is 1. The highest BCUT2D eigenvalue weighted by Crippen LogP contribution is 2.28. The van der Waals surface area contributed by atoms with Gasteiger partial charge in [-0.1, -0.05) is 36.0 Å². The lowest BCUT2D eigenvalue weighted by atomic mass is 10.2. The Bertz CT molecular complexity index is 1170. The highest BCUT2D eigenvalue weighted by atomic mass is 32.2. The molecule has 2 heterocycles. The van der Waals surface area contributed by atoms with Crippen molar-refractivity contribution in [1.29, 1.82) is 0 Å². The molecular weight excluding hydrogens is 342 g/mol. The van der Waals surface area contributed by atoms with E-state index >= 15 is 0 Å². The predicted molar refractivity (Wildman–Crippen MR) is 98.4 cm³/mol. The van der Waals surface area contributed by atoms with Crippen LogP contribution in [0.15, 0.2) is 53.7 Å². The van der Waals surface area contributed by atoms with Gasteiger partial charge in [0.1, 0.15) is 15.5 Å². The fourth-order valence-corrected chi connectivity index (χ4v) is 4.90. The summed E-state index contributed by atoms with van der Waals surface area (Å²) in [6, 6.07) is 15.8. The number of thioether (sulfide) groups is 1. The van der Waals surface area contributed by atoms with E-state index in [4.69, 9.17) is 9.97 Å². The van der Waals surface area contributed by atoms with Crippen LogP contribution in [0.4, 0.5) is 0 Å². The second-order valence-electron chi connectivity index (χ2n) is 5.65. The zero-order chi connectivity index (χ0) is 16.7. The van der Waals surface area contributed by atoms with E-state index in [-0.39, 0.29) is 5.75 Å². The van der Waals surface area contributed by atoms with Crippen LogP contribution >= 0.6 is 11.8 Å². The SMILES string of the molecule is CS(=O)(=O)CCSc1nc2ccccc2c2nc3ccccc3n12. The van der Waals surface area contributed by atoms with E-state index in [1.165, 1.54) is 18.0 Å². The van der Waals surface area contributed by atoms with E-state index in [9.17, 15) is 8.42 Å². The maximum Gasteiger partial charge on any atom is 0.174 e. The molecule has 0 spiro atoms. The smallest absolute Gasteiger partial charge is 0.174 e. The minimum absolute atomic E-state index is 0.125. The van der Waals surface area contributed by atoms with Gasteiger partial charge in [-0.25, -0.2) is 18.4 Å². The summed E-state index contributed by atoms with van der Waals surface area (Å²) in [7, 11) is -2.99. The van der Waals surface area contributed by atoms with Gasteiger partial charge < -0.3 is 0 Å². The lowest BCUT2D eigenvalue weighted by Gasteiger charge is -2.08. The number of fused-ring (bicyclic) bond motifs is 5. The molecule has 0 N–H and O–H groups in total. The number of aromatic nitrogens is 3. The standard InChI is InChI=1S/C17H15N3O2S2/c1-24(21,22)11-10-23-17-19-13-7-3-2-6-12(13)16-18-14-8-4-5-9-15(14)20(16)17/h2-9H,10-11H2,1H3. The van der Waals surface area contributed by atoms with Crippen LogP contribution in [-0.4, -0.2) is 40.5 Å². The first kappa shape index (κ1) is 15.4. The van der Waals surface area contributed by atoms with Gasteiger partial charge in [0.15, 0.2) is 5.16 Å². The Kier molecular flexibility index (Phi) is 3.69. The molecule has 0 saturated carbocycles. The molecule has 0 aliphatic rings. The monoisotopic (exact) mass is 357 g/mol. The summed E-state index contributed by atoms with van der Waals surface area (Å²) in [5.41, 5.74) is 3.60. The molecule has 2 aromatic carbocycles. The van der Waals surface area contributed by atoms with Crippen molar-refractivity contribution < 1.29 is 8.42 Å². The highest BCUT2D eigenvalue weighted by Gasteiger charge is 2.14. The largest absolute Gasteiger partial charge is 0.271 e. The van der Waals surface area contributed by atoms with Crippen molar-refractivity contribution in [2.75, 3.05) is 17.8 Å². The van der Waals surface area contributed by atoms with E-state index in [1.807, 2.05) is 52.9 Å². The molecule has 0 bridgehead atoms. The molecule has 0 saturated heterocycles. The molecular formula is C17H15N3O2S2. The van der Waals surface area contributed by atoms with Crippen molar-refractivity contribution in [3.05, 3.63) is 48.5 Å². The first-order valence-electron chi connectivity index (χ1n) is 7.49. The first-order valence-corrected chi connectivity index (χ1v) is 10.5. The Morgan fingerprint density at radius 1 is 1.00 bits per heavy atom. The molecule has 4 rings (SSSR count). The molecule has 0 amide bonds. The fourth-order valence-electron chi connectivity index (χ4n) is 2.69. The Hall–Kier alpha value is -2.12. The van der Waals surface area contributed by atoms with E-state index < -0.39 is 9.84 Å². The third-order valence-electron chi connectivity index (χ3n) is 3.80. The van der Waals surface area contributed by atoms with Gasteiger partial charge in [-0.2, -0.15) is 0 Å². The van der Waals surface area contributed by atoms with Gasteiger partial charge in [-0.15, -0.1) is 0 Å². The van der Waals surface area contributed by atoms with Crippen LogP contribution < -0.4 is 0 Å². The third kappa shape index (κ3) is 2.74. The number of para-hydroxylation sites is 3. The van der Waals surface area contributed by atoms with Crippen molar-refractivity contribution in [3.63, 3.8) is 0 Å². The Morgan fingerprint density at radius 3 is 2.50 bits per heavy atom. The summed E-state index contributed by atoms with van der Waals surface area (Å²) in [5, 5.41) is 1.75. The molecule has 0 unspecified atom stereocenters. The second kappa shape index (κ2) is 5.75. The zero-order valence-electron chi connectivity index (χ0n) is 13.0. The molecule has 0 atom stereocenters. The topological polar surface area (TPSA) is 64.3 Å². The van der Waals surface area contributed by atoms with Gasteiger partial charge in [0.05, 0.1) is 22.3 Å². The van der Waals surface area contributed by atoms with E-state index in [2.05, 4.69) is 0 Å². The van der Waals surface area contributed by atoms with Crippen LogP contribution in [0.25, 0.3) is 27.6 Å². The van der Waals surface area contributed by atoms with Crippen molar-refractivity contribution in [2.45, 2.75) is 5.16 Å². The molecule has 7 heteroatoms. The molecule has 122 valence electrons. The van der Waals surface area contributed by atoms with Gasteiger partial charge >= 0.3 is 0 Å². The number of sulfone groups is 1. The minimum atomic E-state index is -2.99. The lowest BCUT2D eigenvalue weighted by Crippen LogP contribution is -2.06. The Morgan fingerprint density at radius 2 is 1.71 bits per heavy atom. The Labute approximate surface area is 143 Å². The fraction of sp³-hybridized carbons (Fsp3) is 0.176. The van der Waals surface area contributed by atoms with Crippen molar-refractivity contribution in [2.24, 2.45) is 0 Å². The van der Waals surface area contributed by atoms with Crippen LogP contribution in [-0.2, 0) is 9.84 Å². The Balaban J connectivity index is 1.95. The zero-order valence-corrected chi connectivity index (χ0v) is 14.6. The summed E-state index contributed by atoms with van der Waals surface area (Å²) < 4.78 is 24.8. The second-order valence-corrected chi connectivity index (χ2v) is 8.97. The molecule has 2 aromatic heterocycles. The maximum atomic E-state index is 11.4. The van der Waals surface area contributed by atoms with Crippen molar-refractivity contribution in [1.82, 2.24) is 14.4 Å². The van der Waals surface area contributed by atoms with Crippen molar-refractivity contribution >= 4 is 49.2 Å². The quantitative estimate of drug-likeness (QED) is 0.415. The average molecular weight is 357 g/mol. The summed E-state index contributed by atoms with van der Waals surface area (Å²) >= 11 is 1.44. The highest BCUT2D eigenvalue weighted by molar-refractivity contribution is 8.00. The van der Waals surface area contributed by atoms with E-state index in [1.54, 1.807) is 0 Å². The maximum absolute atomic E-state index is 11.4. The van der Waals surface area contributed by atoms with E-state index in [0.29, 0.717) is 5.75 Å². The molecule has 5 nitrogen and oxygen atoms in total. The molecule has 0 fully saturated rings. The van der Waals surface area contributed by atoms with Crippen LogP contribution in [0.1, 0.15) is 0 Å². The molecule has 4 aromatic rings. The van der Waals surface area contributed by atoms with Gasteiger partial charge in [0, 0.05) is 17.4 Å². The normalized spacial score (nSPS) is 12.4. The lowest BCUT2D eigenvalue weighted by molar-refractivity contribution is 0.603. The predicted octanol–water partition coefficient (Wildman–Crippen LogP) is 3.17. The number of nitrogens with zero attached hydrogens (tertiary/aromatic N) is 3. The van der Waals surface area contributed by atoms with Gasteiger partial charge in [-0.05, 0) is 24.3 Å². The summed E-state index contributed by atoms with van der Waals surface area (Å²) in [6.45, 7) is 0. The van der Waals surface area contributed by atoms with E-state index in [0.717, 1.165) is 32.7 Å². The van der Waals surface area contributed by atoms with Crippen LogP contribution in [0, 0.1) is 0 Å². The van der Waals surface area contributed by atoms with Crippen LogP contribution in [0.5, 0.6) is 0 Å². The number of rotatable bonds is 4. The van der Waals surface area contributed by atoms with Crippen LogP contribution in [0.3, 0.4) is 0 Å². The van der Waals surface area contributed by atoms with Gasteiger partial charge in [-0.3, -0.25) is 4.40 Å². The third-order valence-corrected chi connectivity index (χ3v) is 5.94. The molecule has 0 radical (unpaired) electrons. The van der Waals surface area contributed by atoms with Crippen LogP contribution in [0.2, 0.25) is 0 Å². The first-order chi connectivity index (χ1) is 11.5. The molecule has 0 aliphatic carbocycles. The average Bonchev–Trinajstić information content (AvgIpc) is 2.93.